The second kappa shape index (κ2) is 7.52. The van der Waals surface area contributed by atoms with E-state index in [1.807, 2.05) is 22.6 Å². The summed E-state index contributed by atoms with van der Waals surface area (Å²) in [6.07, 6.45) is 5.93. The molecule has 0 bridgehead atoms. The average molecular weight is 362 g/mol. The average Bonchev–Trinajstić information content (AvgIpc) is 3.14. The summed E-state index contributed by atoms with van der Waals surface area (Å²) in [5.41, 5.74) is 0.916. The second-order valence-electron chi connectivity index (χ2n) is 4.25. The Hall–Kier alpha value is -0.890. The van der Waals surface area contributed by atoms with E-state index in [4.69, 9.17) is 10.8 Å². The summed E-state index contributed by atoms with van der Waals surface area (Å²) in [5, 5.41) is 31.0. The zero-order valence-electron chi connectivity index (χ0n) is 10.3. The molecule has 1 unspecified atom stereocenters. The maximum absolute atomic E-state index is 10.1. The van der Waals surface area contributed by atoms with Crippen molar-refractivity contribution in [1.29, 1.82) is 10.8 Å². The summed E-state index contributed by atoms with van der Waals surface area (Å²) in [6.45, 7) is 0.886. The first kappa shape index (κ1) is 15.2. The molecular formula is C12H19IN4O. The van der Waals surface area contributed by atoms with Crippen LogP contribution in [0.3, 0.4) is 0 Å². The van der Waals surface area contributed by atoms with Crippen LogP contribution in [0.15, 0.2) is 23.5 Å². The van der Waals surface area contributed by atoms with Crippen molar-refractivity contribution in [3.05, 3.63) is 23.5 Å². The van der Waals surface area contributed by atoms with E-state index in [0.717, 1.165) is 18.7 Å². The van der Waals surface area contributed by atoms with E-state index in [1.165, 1.54) is 12.8 Å². The van der Waals surface area contributed by atoms with Crippen LogP contribution < -0.4 is 10.6 Å². The molecule has 18 heavy (non-hydrogen) atoms. The molecule has 0 amide bonds. The fraction of sp³-hybridized carbons (Fsp3) is 0.500. The molecule has 1 saturated carbocycles. The molecule has 0 saturated heterocycles. The lowest BCUT2D eigenvalue weighted by Gasteiger charge is -2.14. The van der Waals surface area contributed by atoms with Gasteiger partial charge in [0.15, 0.2) is 0 Å². The van der Waals surface area contributed by atoms with Crippen LogP contribution in [0.5, 0.6) is 0 Å². The molecule has 1 aliphatic carbocycles. The third kappa shape index (κ3) is 4.77. The van der Waals surface area contributed by atoms with Gasteiger partial charge in [0.05, 0.1) is 3.72 Å². The molecule has 0 aromatic heterocycles. The van der Waals surface area contributed by atoms with Crippen molar-refractivity contribution in [3.63, 3.8) is 0 Å². The third-order valence-electron chi connectivity index (χ3n) is 2.70. The molecule has 100 valence electrons. The van der Waals surface area contributed by atoms with Crippen LogP contribution >= 0.6 is 22.6 Å². The summed E-state index contributed by atoms with van der Waals surface area (Å²) in [6, 6.07) is 0. The predicted molar refractivity (Wildman–Crippen MR) is 82.5 cm³/mol. The highest BCUT2D eigenvalue weighted by atomic mass is 127. The van der Waals surface area contributed by atoms with Crippen molar-refractivity contribution in [2.45, 2.75) is 18.9 Å². The smallest absolute Gasteiger partial charge is 0.111 e. The number of aliphatic hydroxyl groups excluding tert-OH is 1. The van der Waals surface area contributed by atoms with Gasteiger partial charge in [0.1, 0.15) is 6.10 Å². The Morgan fingerprint density at radius 2 is 2.17 bits per heavy atom. The number of hydrogen-bond donors (Lipinski definition) is 5. The maximum Gasteiger partial charge on any atom is 0.111 e. The lowest BCUT2D eigenvalue weighted by Crippen LogP contribution is -2.22. The Morgan fingerprint density at radius 3 is 2.61 bits per heavy atom. The Balaban J connectivity index is 2.68. The molecule has 5 nitrogen and oxygen atoms in total. The second-order valence-corrected chi connectivity index (χ2v) is 5.32. The lowest BCUT2D eigenvalue weighted by molar-refractivity contribution is 0.258. The van der Waals surface area contributed by atoms with Crippen LogP contribution in [0.4, 0.5) is 0 Å². The van der Waals surface area contributed by atoms with Crippen LogP contribution in [0, 0.1) is 16.7 Å². The monoisotopic (exact) mass is 362 g/mol. The number of rotatable bonds is 8. The SMILES string of the molecule is CN/C=C(\C(=N)I)C(O)/C(C=N)=C/NCC1CC1. The molecule has 5 N–H and O–H groups in total. The topological polar surface area (TPSA) is 92.0 Å². The van der Waals surface area contributed by atoms with E-state index >= 15 is 0 Å². The minimum absolute atomic E-state index is 0.254. The zero-order chi connectivity index (χ0) is 13.5. The van der Waals surface area contributed by atoms with Crippen molar-refractivity contribution in [2.24, 2.45) is 5.92 Å². The van der Waals surface area contributed by atoms with Gasteiger partial charge in [-0.05, 0) is 41.4 Å². The minimum atomic E-state index is -0.953. The van der Waals surface area contributed by atoms with Crippen molar-refractivity contribution in [3.8, 4) is 0 Å². The highest BCUT2D eigenvalue weighted by Gasteiger charge is 2.21. The van der Waals surface area contributed by atoms with Crippen LogP contribution in [-0.2, 0) is 0 Å². The molecule has 0 heterocycles. The zero-order valence-corrected chi connectivity index (χ0v) is 12.5. The van der Waals surface area contributed by atoms with Crippen LogP contribution in [0.2, 0.25) is 0 Å². The van der Waals surface area contributed by atoms with E-state index in [0.29, 0.717) is 11.1 Å². The molecule has 0 radical (unpaired) electrons. The molecule has 0 aromatic carbocycles. The number of aliphatic hydroxyl groups is 1. The largest absolute Gasteiger partial charge is 0.394 e. The van der Waals surface area contributed by atoms with Crippen LogP contribution in [0.25, 0.3) is 0 Å². The highest BCUT2D eigenvalue weighted by molar-refractivity contribution is 14.1. The molecule has 0 spiro atoms. The fourth-order valence-corrected chi connectivity index (χ4v) is 1.91. The van der Waals surface area contributed by atoms with E-state index in [-0.39, 0.29) is 3.72 Å². The molecule has 6 heteroatoms. The molecule has 0 aromatic rings. The number of halogens is 1. The Bertz CT molecular complexity index is 374. The molecule has 1 aliphatic rings. The van der Waals surface area contributed by atoms with Gasteiger partial charge >= 0.3 is 0 Å². The normalized spacial score (nSPS) is 18.2. The van der Waals surface area contributed by atoms with Gasteiger partial charge in [0.2, 0.25) is 0 Å². The summed E-state index contributed by atoms with van der Waals surface area (Å²) in [7, 11) is 1.71. The molecule has 0 aliphatic heterocycles. The summed E-state index contributed by atoms with van der Waals surface area (Å²) in [4.78, 5) is 0. The first-order chi connectivity index (χ1) is 8.60. The minimum Gasteiger partial charge on any atom is -0.394 e. The highest BCUT2D eigenvalue weighted by Crippen LogP contribution is 2.27. The Labute approximate surface area is 121 Å². The van der Waals surface area contributed by atoms with E-state index in [2.05, 4.69) is 10.6 Å². The van der Waals surface area contributed by atoms with Crippen molar-refractivity contribution in [2.75, 3.05) is 13.6 Å². The van der Waals surface area contributed by atoms with E-state index in [1.54, 1.807) is 19.4 Å². The first-order valence-electron chi connectivity index (χ1n) is 5.83. The van der Waals surface area contributed by atoms with Crippen molar-refractivity contribution in [1.82, 2.24) is 10.6 Å². The van der Waals surface area contributed by atoms with Gasteiger partial charge in [0, 0.05) is 43.4 Å². The summed E-state index contributed by atoms with van der Waals surface area (Å²) >= 11 is 1.84. The van der Waals surface area contributed by atoms with E-state index in [9.17, 15) is 5.11 Å². The van der Waals surface area contributed by atoms with Gasteiger partial charge in [-0.15, -0.1) is 0 Å². The summed E-state index contributed by atoms with van der Waals surface area (Å²) in [5.74, 6) is 0.737. The van der Waals surface area contributed by atoms with Crippen molar-refractivity contribution >= 4 is 32.5 Å². The Kier molecular flexibility index (Phi) is 6.34. The summed E-state index contributed by atoms with van der Waals surface area (Å²) < 4.78 is 0.254. The van der Waals surface area contributed by atoms with Gasteiger partial charge in [-0.2, -0.15) is 0 Å². The number of nitrogens with one attached hydrogen (secondary N) is 4. The molecule has 1 fully saturated rings. The lowest BCUT2D eigenvalue weighted by atomic mass is 10.0. The first-order valence-corrected chi connectivity index (χ1v) is 6.91. The fourth-order valence-electron chi connectivity index (χ4n) is 1.46. The standard InChI is InChI=1S/C12H19IN4O/c1-16-7-10(12(13)15)11(18)9(4-14)6-17-5-8-2-3-8/h4,6-8,11,14-18H,2-3,5H2,1H3/b9-6+,10-7-,14-4?,15-12?. The van der Waals surface area contributed by atoms with Gasteiger partial charge in [-0.25, -0.2) is 0 Å². The quantitative estimate of drug-likeness (QED) is 0.334. The van der Waals surface area contributed by atoms with Gasteiger partial charge in [0.25, 0.3) is 0 Å². The van der Waals surface area contributed by atoms with Crippen LogP contribution in [-0.4, -0.2) is 34.7 Å². The Morgan fingerprint density at radius 1 is 1.50 bits per heavy atom. The third-order valence-corrected chi connectivity index (χ3v) is 3.33. The van der Waals surface area contributed by atoms with Gasteiger partial charge in [-0.1, -0.05) is 0 Å². The molecule has 1 rings (SSSR count). The predicted octanol–water partition coefficient (Wildman–Crippen LogP) is 1.40. The van der Waals surface area contributed by atoms with E-state index < -0.39 is 6.10 Å². The maximum atomic E-state index is 10.1. The van der Waals surface area contributed by atoms with Crippen LogP contribution in [0.1, 0.15) is 12.8 Å². The van der Waals surface area contributed by atoms with Gasteiger partial charge in [-0.3, -0.25) is 5.41 Å². The van der Waals surface area contributed by atoms with Gasteiger partial charge < -0.3 is 21.1 Å². The molecule has 1 atom stereocenters. The van der Waals surface area contributed by atoms with Crippen molar-refractivity contribution < 1.29 is 5.11 Å². The number of hydrogen-bond acceptors (Lipinski definition) is 5. The molecular weight excluding hydrogens is 343 g/mol.